The zero-order chi connectivity index (χ0) is 14.5. The summed E-state index contributed by atoms with van der Waals surface area (Å²) in [4.78, 5) is 0. The van der Waals surface area contributed by atoms with E-state index in [1.165, 1.54) is 17.2 Å². The van der Waals surface area contributed by atoms with E-state index >= 15 is 0 Å². The van der Waals surface area contributed by atoms with E-state index in [9.17, 15) is 4.39 Å². The summed E-state index contributed by atoms with van der Waals surface area (Å²) in [6, 6.07) is 16.0. The molecule has 0 saturated carbocycles. The van der Waals surface area contributed by atoms with Gasteiger partial charge in [0.1, 0.15) is 5.82 Å². The van der Waals surface area contributed by atoms with Crippen LogP contribution in [0.5, 0.6) is 0 Å². The smallest absolute Gasteiger partial charge is 0.126 e. The van der Waals surface area contributed by atoms with Gasteiger partial charge in [-0.1, -0.05) is 48.0 Å². The molecule has 1 nitrogen and oxygen atoms in total. The number of hydrogen-bond acceptors (Lipinski definition) is 1. The predicted molar refractivity (Wildman–Crippen MR) is 82.3 cm³/mol. The Balaban J connectivity index is 1.98. The predicted octanol–water partition coefficient (Wildman–Crippen LogP) is 4.42. The lowest BCUT2D eigenvalue weighted by Crippen LogP contribution is -2.31. The number of halogens is 1. The van der Waals surface area contributed by atoms with Gasteiger partial charge in [-0.3, -0.25) is 0 Å². The van der Waals surface area contributed by atoms with E-state index in [1.54, 1.807) is 6.07 Å². The molecule has 20 heavy (non-hydrogen) atoms. The quantitative estimate of drug-likeness (QED) is 0.849. The fraction of sp³-hybridized carbons (Fsp3) is 0.333. The Morgan fingerprint density at radius 2 is 1.80 bits per heavy atom. The summed E-state index contributed by atoms with van der Waals surface area (Å²) in [7, 11) is 0. The molecule has 0 aliphatic rings. The molecular weight excluding hydrogens is 249 g/mol. The van der Waals surface area contributed by atoms with E-state index in [0.717, 1.165) is 5.56 Å². The second kappa shape index (κ2) is 6.67. The van der Waals surface area contributed by atoms with Crippen molar-refractivity contribution in [2.75, 3.05) is 0 Å². The van der Waals surface area contributed by atoms with Gasteiger partial charge in [0, 0.05) is 12.1 Å². The largest absolute Gasteiger partial charge is 0.307 e. The Labute approximate surface area is 120 Å². The Bertz CT molecular complexity index is 565. The van der Waals surface area contributed by atoms with Crippen molar-refractivity contribution in [3.05, 3.63) is 71.0 Å². The van der Waals surface area contributed by atoms with E-state index in [-0.39, 0.29) is 17.9 Å². The molecule has 2 aromatic rings. The number of benzene rings is 2. The molecule has 2 heteroatoms. The highest BCUT2D eigenvalue weighted by molar-refractivity contribution is 5.25. The number of aryl methyl sites for hydroxylation is 1. The average Bonchev–Trinajstić information content (AvgIpc) is 2.41. The molecule has 0 aromatic heterocycles. The maximum Gasteiger partial charge on any atom is 0.126 e. The molecule has 0 amide bonds. The lowest BCUT2D eigenvalue weighted by Gasteiger charge is -2.21. The fourth-order valence-electron chi connectivity index (χ4n) is 2.52. The van der Waals surface area contributed by atoms with Crippen LogP contribution in [0.1, 0.15) is 36.6 Å². The highest BCUT2D eigenvalue weighted by Gasteiger charge is 2.11. The molecule has 0 aliphatic carbocycles. The number of rotatable bonds is 5. The first-order valence-electron chi connectivity index (χ1n) is 7.12. The van der Waals surface area contributed by atoms with Gasteiger partial charge < -0.3 is 5.32 Å². The van der Waals surface area contributed by atoms with Crippen LogP contribution >= 0.6 is 0 Å². The molecule has 2 rings (SSSR count). The summed E-state index contributed by atoms with van der Waals surface area (Å²) in [6.07, 6.45) is 0.697. The molecule has 2 atom stereocenters. The zero-order valence-corrected chi connectivity index (χ0v) is 12.4. The van der Waals surface area contributed by atoms with Gasteiger partial charge >= 0.3 is 0 Å². The lowest BCUT2D eigenvalue weighted by atomic mass is 10.0. The minimum Gasteiger partial charge on any atom is -0.307 e. The second-order valence-electron chi connectivity index (χ2n) is 5.50. The van der Waals surface area contributed by atoms with Crippen LogP contribution in [-0.2, 0) is 6.42 Å². The van der Waals surface area contributed by atoms with E-state index < -0.39 is 0 Å². The monoisotopic (exact) mass is 271 g/mol. The van der Waals surface area contributed by atoms with Crippen molar-refractivity contribution in [2.45, 2.75) is 39.3 Å². The molecule has 106 valence electrons. The SMILES string of the molecule is Cc1cccc([C@H](C)NC(C)Cc2ccccc2F)c1. The van der Waals surface area contributed by atoms with Gasteiger partial charge in [-0.15, -0.1) is 0 Å². The summed E-state index contributed by atoms with van der Waals surface area (Å²) >= 11 is 0. The average molecular weight is 271 g/mol. The summed E-state index contributed by atoms with van der Waals surface area (Å²) in [5, 5.41) is 3.53. The third-order valence-electron chi connectivity index (χ3n) is 3.56. The van der Waals surface area contributed by atoms with Crippen LogP contribution in [0.4, 0.5) is 4.39 Å². The van der Waals surface area contributed by atoms with Crippen molar-refractivity contribution in [2.24, 2.45) is 0 Å². The summed E-state index contributed by atoms with van der Waals surface area (Å²) in [6.45, 7) is 6.34. The highest BCUT2D eigenvalue weighted by Crippen LogP contribution is 2.16. The molecule has 0 spiro atoms. The second-order valence-corrected chi connectivity index (χ2v) is 5.50. The van der Waals surface area contributed by atoms with Crippen molar-refractivity contribution in [3.8, 4) is 0 Å². The van der Waals surface area contributed by atoms with Crippen LogP contribution in [0.15, 0.2) is 48.5 Å². The van der Waals surface area contributed by atoms with Gasteiger partial charge in [0.15, 0.2) is 0 Å². The molecule has 1 unspecified atom stereocenters. The third kappa shape index (κ3) is 3.91. The Kier molecular flexibility index (Phi) is 4.91. The fourth-order valence-corrected chi connectivity index (χ4v) is 2.52. The van der Waals surface area contributed by atoms with Gasteiger partial charge in [-0.25, -0.2) is 4.39 Å². The van der Waals surface area contributed by atoms with Crippen LogP contribution in [0.2, 0.25) is 0 Å². The molecule has 0 bridgehead atoms. The minimum atomic E-state index is -0.121. The van der Waals surface area contributed by atoms with Crippen molar-refractivity contribution in [3.63, 3.8) is 0 Å². The lowest BCUT2D eigenvalue weighted by molar-refractivity contribution is 0.469. The Hall–Kier alpha value is -1.67. The van der Waals surface area contributed by atoms with E-state index in [1.807, 2.05) is 12.1 Å². The van der Waals surface area contributed by atoms with Crippen LogP contribution in [0.3, 0.4) is 0 Å². The van der Waals surface area contributed by atoms with E-state index in [0.29, 0.717) is 6.42 Å². The molecule has 0 aliphatic heterocycles. The number of hydrogen-bond donors (Lipinski definition) is 1. The zero-order valence-electron chi connectivity index (χ0n) is 12.4. The topological polar surface area (TPSA) is 12.0 Å². The maximum absolute atomic E-state index is 13.6. The van der Waals surface area contributed by atoms with Gasteiger partial charge in [0.05, 0.1) is 0 Å². The first-order valence-corrected chi connectivity index (χ1v) is 7.12. The Morgan fingerprint density at radius 3 is 2.50 bits per heavy atom. The molecule has 0 fully saturated rings. The van der Waals surface area contributed by atoms with Crippen molar-refractivity contribution in [1.82, 2.24) is 5.32 Å². The van der Waals surface area contributed by atoms with Gasteiger partial charge in [0.2, 0.25) is 0 Å². The van der Waals surface area contributed by atoms with Gasteiger partial charge in [-0.2, -0.15) is 0 Å². The van der Waals surface area contributed by atoms with Crippen LogP contribution < -0.4 is 5.32 Å². The Morgan fingerprint density at radius 1 is 1.05 bits per heavy atom. The first-order chi connectivity index (χ1) is 9.56. The van der Waals surface area contributed by atoms with Crippen LogP contribution in [0, 0.1) is 12.7 Å². The van der Waals surface area contributed by atoms with Crippen molar-refractivity contribution >= 4 is 0 Å². The molecule has 0 heterocycles. The van der Waals surface area contributed by atoms with Gasteiger partial charge in [-0.05, 0) is 44.4 Å². The maximum atomic E-state index is 13.6. The standard InChI is InChI=1S/C18H22FN/c1-13-7-6-9-16(11-13)15(3)20-14(2)12-17-8-4-5-10-18(17)19/h4-11,14-15,20H,12H2,1-3H3/t14?,15-/m0/s1. The third-order valence-corrected chi connectivity index (χ3v) is 3.56. The molecule has 0 saturated heterocycles. The van der Waals surface area contributed by atoms with Crippen LogP contribution in [0.25, 0.3) is 0 Å². The van der Waals surface area contributed by atoms with Crippen LogP contribution in [-0.4, -0.2) is 6.04 Å². The van der Waals surface area contributed by atoms with Gasteiger partial charge in [0.25, 0.3) is 0 Å². The molecular formula is C18H22FN. The normalized spacial score (nSPS) is 14.0. The van der Waals surface area contributed by atoms with Crippen molar-refractivity contribution in [1.29, 1.82) is 0 Å². The number of nitrogens with one attached hydrogen (secondary N) is 1. The minimum absolute atomic E-state index is 0.121. The van der Waals surface area contributed by atoms with E-state index in [4.69, 9.17) is 0 Å². The first kappa shape index (κ1) is 14.7. The van der Waals surface area contributed by atoms with Crippen molar-refractivity contribution < 1.29 is 4.39 Å². The highest BCUT2D eigenvalue weighted by atomic mass is 19.1. The summed E-state index contributed by atoms with van der Waals surface area (Å²) in [5.74, 6) is -0.121. The van der Waals surface area contributed by atoms with E-state index in [2.05, 4.69) is 50.4 Å². The molecule has 0 radical (unpaired) electrons. The molecule has 2 aromatic carbocycles. The molecule has 1 N–H and O–H groups in total. The summed E-state index contributed by atoms with van der Waals surface area (Å²) in [5.41, 5.74) is 3.30. The summed E-state index contributed by atoms with van der Waals surface area (Å²) < 4.78 is 13.6.